The normalized spacial score (nSPS) is 11.9. The molecule has 0 aliphatic carbocycles. The number of methoxy groups -OCH3 is 2. The molecule has 20 heavy (non-hydrogen) atoms. The van der Waals surface area contributed by atoms with Crippen molar-refractivity contribution in [1.82, 2.24) is 4.98 Å². The van der Waals surface area contributed by atoms with E-state index >= 15 is 0 Å². The van der Waals surface area contributed by atoms with Gasteiger partial charge in [-0.2, -0.15) is 0 Å². The molecule has 2 aromatic rings. The van der Waals surface area contributed by atoms with Gasteiger partial charge in [-0.15, -0.1) is 0 Å². The molecule has 1 unspecified atom stereocenters. The molecule has 0 fully saturated rings. The van der Waals surface area contributed by atoms with E-state index in [1.807, 2.05) is 0 Å². The number of benzene rings is 1. The molecule has 0 bridgehead atoms. The maximum Gasteiger partial charge on any atom is 0.266 e. The van der Waals surface area contributed by atoms with Crippen molar-refractivity contribution in [2.24, 2.45) is 0 Å². The summed E-state index contributed by atoms with van der Waals surface area (Å²) in [5, 5.41) is 13.1. The smallest absolute Gasteiger partial charge is 0.266 e. The molecule has 0 saturated heterocycles. The van der Waals surface area contributed by atoms with Crippen molar-refractivity contribution in [2.75, 3.05) is 26.1 Å². The van der Waals surface area contributed by atoms with Crippen LogP contribution in [0.25, 0.3) is 0 Å². The molecular formula is C13H16N2O4S. The number of aromatic amines is 1. The standard InChI is InChI=1S/C13H16N2O4S/c1-17-8-3-4-11(18-2)9(5-8)14-6-10(16)12-7-15-13(20)19-12/h3-5,7,10,14,16H,6H2,1-2H3,(H,15,20). The first-order chi connectivity index (χ1) is 9.63. The van der Waals surface area contributed by atoms with Gasteiger partial charge in [0.05, 0.1) is 19.9 Å². The Labute approximate surface area is 121 Å². The molecule has 0 amide bonds. The van der Waals surface area contributed by atoms with Gasteiger partial charge < -0.3 is 29.3 Å². The summed E-state index contributed by atoms with van der Waals surface area (Å²) in [6, 6.07) is 5.37. The molecule has 3 N–H and O–H groups in total. The summed E-state index contributed by atoms with van der Waals surface area (Å²) in [5.74, 6) is 1.74. The number of aliphatic hydroxyl groups excluding tert-OH is 1. The Morgan fingerprint density at radius 3 is 2.80 bits per heavy atom. The molecule has 108 valence electrons. The maximum absolute atomic E-state index is 9.99. The van der Waals surface area contributed by atoms with Gasteiger partial charge in [-0.05, 0) is 24.4 Å². The topological polar surface area (TPSA) is 79.6 Å². The zero-order chi connectivity index (χ0) is 14.5. The van der Waals surface area contributed by atoms with Crippen LogP contribution in [-0.2, 0) is 0 Å². The van der Waals surface area contributed by atoms with Gasteiger partial charge in [-0.25, -0.2) is 0 Å². The Morgan fingerprint density at radius 2 is 2.20 bits per heavy atom. The highest BCUT2D eigenvalue weighted by Gasteiger charge is 2.13. The molecular weight excluding hydrogens is 280 g/mol. The number of rotatable bonds is 6. The monoisotopic (exact) mass is 296 g/mol. The predicted octanol–water partition coefficient (Wildman–Crippen LogP) is 2.50. The lowest BCUT2D eigenvalue weighted by molar-refractivity contribution is 0.161. The number of oxazole rings is 1. The number of hydrogen-bond acceptors (Lipinski definition) is 6. The van der Waals surface area contributed by atoms with Crippen LogP contribution in [0, 0.1) is 4.84 Å². The third kappa shape index (κ3) is 3.31. The Kier molecular flexibility index (Phi) is 4.65. The second kappa shape index (κ2) is 6.44. The number of aromatic nitrogens is 1. The highest BCUT2D eigenvalue weighted by atomic mass is 32.1. The van der Waals surface area contributed by atoms with Crippen molar-refractivity contribution in [1.29, 1.82) is 0 Å². The summed E-state index contributed by atoms with van der Waals surface area (Å²) in [6.45, 7) is 0.250. The first-order valence-electron chi connectivity index (χ1n) is 5.96. The largest absolute Gasteiger partial charge is 0.497 e. The minimum absolute atomic E-state index is 0.234. The van der Waals surface area contributed by atoms with Crippen LogP contribution in [0.1, 0.15) is 11.9 Å². The molecule has 0 aliphatic heterocycles. The van der Waals surface area contributed by atoms with Gasteiger partial charge >= 0.3 is 0 Å². The number of anilines is 1. The molecule has 0 radical (unpaired) electrons. The fourth-order valence-electron chi connectivity index (χ4n) is 1.72. The van der Waals surface area contributed by atoms with Crippen LogP contribution in [0.2, 0.25) is 0 Å². The molecule has 0 saturated carbocycles. The summed E-state index contributed by atoms with van der Waals surface area (Å²) >= 11 is 4.81. The van der Waals surface area contributed by atoms with Crippen LogP contribution in [0.4, 0.5) is 5.69 Å². The van der Waals surface area contributed by atoms with Crippen LogP contribution < -0.4 is 14.8 Å². The first-order valence-corrected chi connectivity index (χ1v) is 6.37. The average molecular weight is 296 g/mol. The predicted molar refractivity (Wildman–Crippen MR) is 76.9 cm³/mol. The first kappa shape index (κ1) is 14.4. The highest BCUT2D eigenvalue weighted by Crippen LogP contribution is 2.29. The van der Waals surface area contributed by atoms with E-state index in [1.54, 1.807) is 32.4 Å². The van der Waals surface area contributed by atoms with Crippen molar-refractivity contribution in [2.45, 2.75) is 6.10 Å². The summed E-state index contributed by atoms with van der Waals surface area (Å²) < 4.78 is 15.5. The molecule has 1 heterocycles. The maximum atomic E-state index is 9.99. The van der Waals surface area contributed by atoms with Gasteiger partial charge in [0.2, 0.25) is 0 Å². The van der Waals surface area contributed by atoms with Crippen LogP contribution in [-0.4, -0.2) is 30.9 Å². The SMILES string of the molecule is COc1ccc(OC)c(NCC(O)c2c[nH]c(=S)o2)c1. The van der Waals surface area contributed by atoms with Crippen LogP contribution >= 0.6 is 12.2 Å². The van der Waals surface area contributed by atoms with Gasteiger partial charge in [-0.1, -0.05) is 0 Å². The lowest BCUT2D eigenvalue weighted by Crippen LogP contribution is -2.12. The van der Waals surface area contributed by atoms with Gasteiger partial charge in [0.1, 0.15) is 17.6 Å². The minimum atomic E-state index is -0.821. The Balaban J connectivity index is 2.07. The van der Waals surface area contributed by atoms with Crippen molar-refractivity contribution in [3.63, 3.8) is 0 Å². The highest BCUT2D eigenvalue weighted by molar-refractivity contribution is 7.71. The zero-order valence-electron chi connectivity index (χ0n) is 11.2. The number of aliphatic hydroxyl groups is 1. The van der Waals surface area contributed by atoms with Crippen LogP contribution in [0.5, 0.6) is 11.5 Å². The number of nitrogens with one attached hydrogen (secondary N) is 2. The van der Waals surface area contributed by atoms with E-state index in [0.717, 1.165) is 5.69 Å². The van der Waals surface area contributed by atoms with Crippen molar-refractivity contribution >= 4 is 17.9 Å². The Morgan fingerprint density at radius 1 is 1.40 bits per heavy atom. The summed E-state index contributed by atoms with van der Waals surface area (Å²) in [4.78, 5) is 2.94. The van der Waals surface area contributed by atoms with E-state index in [2.05, 4.69) is 10.3 Å². The molecule has 7 heteroatoms. The van der Waals surface area contributed by atoms with E-state index in [9.17, 15) is 5.11 Å². The fraction of sp³-hybridized carbons (Fsp3) is 0.308. The van der Waals surface area contributed by atoms with E-state index < -0.39 is 6.10 Å². The fourth-order valence-corrected chi connectivity index (χ4v) is 1.87. The van der Waals surface area contributed by atoms with Crippen molar-refractivity contribution < 1.29 is 19.0 Å². The van der Waals surface area contributed by atoms with Crippen molar-refractivity contribution in [3.05, 3.63) is 35.0 Å². The summed E-state index contributed by atoms with van der Waals surface area (Å²) in [5.41, 5.74) is 0.722. The quantitative estimate of drug-likeness (QED) is 0.711. The van der Waals surface area contributed by atoms with Gasteiger partial charge in [0.25, 0.3) is 4.84 Å². The van der Waals surface area contributed by atoms with E-state index in [0.29, 0.717) is 17.3 Å². The third-order valence-corrected chi connectivity index (χ3v) is 2.96. The molecule has 6 nitrogen and oxygen atoms in total. The van der Waals surface area contributed by atoms with E-state index in [-0.39, 0.29) is 11.4 Å². The van der Waals surface area contributed by atoms with Crippen molar-refractivity contribution in [3.8, 4) is 11.5 Å². The second-order valence-electron chi connectivity index (χ2n) is 4.04. The number of hydrogen-bond donors (Lipinski definition) is 3. The van der Waals surface area contributed by atoms with Crippen LogP contribution in [0.3, 0.4) is 0 Å². The second-order valence-corrected chi connectivity index (χ2v) is 4.41. The molecule has 2 rings (SSSR count). The molecule has 0 spiro atoms. The number of ether oxygens (including phenoxy) is 2. The lowest BCUT2D eigenvalue weighted by Gasteiger charge is -2.14. The molecule has 1 atom stereocenters. The number of H-pyrrole nitrogens is 1. The Hall–Kier alpha value is -1.99. The van der Waals surface area contributed by atoms with E-state index in [4.69, 9.17) is 26.1 Å². The third-order valence-electron chi connectivity index (χ3n) is 2.76. The average Bonchev–Trinajstić information content (AvgIpc) is 2.91. The summed E-state index contributed by atoms with van der Waals surface area (Å²) in [7, 11) is 3.17. The molecule has 1 aromatic heterocycles. The van der Waals surface area contributed by atoms with E-state index in [1.165, 1.54) is 6.20 Å². The van der Waals surface area contributed by atoms with Gasteiger partial charge in [0, 0.05) is 18.8 Å². The van der Waals surface area contributed by atoms with Crippen LogP contribution in [0.15, 0.2) is 28.8 Å². The molecule has 1 aromatic carbocycles. The molecule has 0 aliphatic rings. The Bertz CT molecular complexity index is 623. The summed E-state index contributed by atoms with van der Waals surface area (Å²) in [6.07, 6.45) is 0.719. The zero-order valence-corrected chi connectivity index (χ0v) is 12.0. The minimum Gasteiger partial charge on any atom is -0.497 e. The lowest BCUT2D eigenvalue weighted by atomic mass is 10.2. The van der Waals surface area contributed by atoms with Gasteiger partial charge in [-0.3, -0.25) is 0 Å². The van der Waals surface area contributed by atoms with Gasteiger partial charge in [0.15, 0.2) is 5.76 Å².